The van der Waals surface area contributed by atoms with Gasteiger partial charge in [0.05, 0.1) is 0 Å². The number of halogens is 1. The van der Waals surface area contributed by atoms with Gasteiger partial charge in [0.15, 0.2) is 0 Å². The molecule has 0 radical (unpaired) electrons. The minimum absolute atomic E-state index is 0.239. The predicted molar refractivity (Wildman–Crippen MR) is 106 cm³/mol. The molecule has 0 aliphatic heterocycles. The summed E-state index contributed by atoms with van der Waals surface area (Å²) in [6.45, 7) is 0. The van der Waals surface area contributed by atoms with Crippen LogP contribution in [0.1, 0.15) is 15.9 Å². The van der Waals surface area contributed by atoms with Crippen molar-refractivity contribution in [1.29, 1.82) is 0 Å². The zero-order valence-corrected chi connectivity index (χ0v) is 15.4. The van der Waals surface area contributed by atoms with E-state index in [1.54, 1.807) is 12.1 Å². The van der Waals surface area contributed by atoms with Gasteiger partial charge < -0.3 is 10.4 Å². The minimum Gasteiger partial charge on any atom is -0.480 e. The van der Waals surface area contributed by atoms with Gasteiger partial charge in [-0.05, 0) is 57.1 Å². The van der Waals surface area contributed by atoms with Crippen molar-refractivity contribution in [2.24, 2.45) is 0 Å². The Morgan fingerprint density at radius 2 is 1.64 bits per heavy atom. The molecule has 3 aromatic rings. The fraction of sp³-hybridized carbons (Fsp3) is 0.100. The maximum absolute atomic E-state index is 12.6. The number of amides is 1. The van der Waals surface area contributed by atoms with E-state index >= 15 is 0 Å². The molecule has 0 saturated heterocycles. The summed E-state index contributed by atoms with van der Waals surface area (Å²) in [5, 5.41) is 13.9. The maximum Gasteiger partial charge on any atom is 0.326 e. The summed E-state index contributed by atoms with van der Waals surface area (Å²) >= 11 is 2.19. The number of hydrogen-bond donors (Lipinski definition) is 2. The molecule has 0 aliphatic carbocycles. The van der Waals surface area contributed by atoms with Crippen molar-refractivity contribution in [3.63, 3.8) is 0 Å². The summed E-state index contributed by atoms with van der Waals surface area (Å²) < 4.78 is 1.08. The second-order valence-electron chi connectivity index (χ2n) is 5.72. The first-order valence-corrected chi connectivity index (χ1v) is 8.88. The van der Waals surface area contributed by atoms with Crippen molar-refractivity contribution in [2.45, 2.75) is 12.5 Å². The molecule has 1 atom stereocenters. The van der Waals surface area contributed by atoms with Crippen LogP contribution in [0.15, 0.2) is 66.7 Å². The summed E-state index contributed by atoms with van der Waals surface area (Å²) in [6, 6.07) is 19.6. The Morgan fingerprint density at radius 1 is 0.960 bits per heavy atom. The van der Waals surface area contributed by atoms with Crippen LogP contribution in [0, 0.1) is 3.57 Å². The van der Waals surface area contributed by atoms with Crippen LogP contribution >= 0.6 is 22.6 Å². The molecule has 3 aromatic carbocycles. The van der Waals surface area contributed by atoms with Gasteiger partial charge in [-0.1, -0.05) is 48.5 Å². The van der Waals surface area contributed by atoms with Gasteiger partial charge in [-0.3, -0.25) is 4.79 Å². The van der Waals surface area contributed by atoms with E-state index in [-0.39, 0.29) is 12.3 Å². The molecule has 5 heteroatoms. The molecule has 1 amide bonds. The van der Waals surface area contributed by atoms with E-state index in [0.717, 1.165) is 19.9 Å². The number of hydrogen-bond acceptors (Lipinski definition) is 2. The normalized spacial score (nSPS) is 11.9. The smallest absolute Gasteiger partial charge is 0.326 e. The van der Waals surface area contributed by atoms with Gasteiger partial charge >= 0.3 is 5.97 Å². The molecule has 0 fully saturated rings. The third-order valence-electron chi connectivity index (χ3n) is 3.99. The number of fused-ring (bicyclic) bond motifs is 1. The zero-order chi connectivity index (χ0) is 17.8. The first kappa shape index (κ1) is 17.4. The monoisotopic (exact) mass is 445 g/mol. The topological polar surface area (TPSA) is 66.4 Å². The summed E-state index contributed by atoms with van der Waals surface area (Å²) in [7, 11) is 0. The van der Waals surface area contributed by atoms with Gasteiger partial charge in [0.1, 0.15) is 6.04 Å². The van der Waals surface area contributed by atoms with Crippen LogP contribution in [0.3, 0.4) is 0 Å². The number of benzene rings is 3. The second-order valence-corrected chi connectivity index (χ2v) is 6.97. The molecule has 0 aromatic heterocycles. The van der Waals surface area contributed by atoms with Crippen LogP contribution in [0.5, 0.6) is 0 Å². The van der Waals surface area contributed by atoms with Crippen LogP contribution < -0.4 is 5.32 Å². The van der Waals surface area contributed by atoms with E-state index in [9.17, 15) is 14.7 Å². The summed E-state index contributed by atoms with van der Waals surface area (Å²) in [5.74, 6) is -1.43. The average molecular weight is 445 g/mol. The van der Waals surface area contributed by atoms with Gasteiger partial charge in [0.2, 0.25) is 0 Å². The third-order valence-corrected chi connectivity index (χ3v) is 4.71. The van der Waals surface area contributed by atoms with E-state index in [4.69, 9.17) is 0 Å². The molecule has 4 nitrogen and oxygen atoms in total. The molecule has 0 heterocycles. The molecule has 0 aliphatic rings. The lowest BCUT2D eigenvalue weighted by Gasteiger charge is -2.15. The van der Waals surface area contributed by atoms with Crippen molar-refractivity contribution in [3.8, 4) is 0 Å². The molecule has 0 spiro atoms. The third kappa shape index (κ3) is 4.17. The molecule has 2 N–H and O–H groups in total. The van der Waals surface area contributed by atoms with Gasteiger partial charge in [-0.25, -0.2) is 4.79 Å². The largest absolute Gasteiger partial charge is 0.480 e. The first-order chi connectivity index (χ1) is 12.0. The molecular formula is C20H16INO3. The second kappa shape index (κ2) is 7.65. The van der Waals surface area contributed by atoms with Gasteiger partial charge in [-0.15, -0.1) is 0 Å². The average Bonchev–Trinajstić information content (AvgIpc) is 2.62. The Morgan fingerprint density at radius 3 is 2.36 bits per heavy atom. The highest BCUT2D eigenvalue weighted by atomic mass is 127. The Balaban J connectivity index is 1.83. The van der Waals surface area contributed by atoms with Crippen molar-refractivity contribution in [1.82, 2.24) is 5.32 Å². The first-order valence-electron chi connectivity index (χ1n) is 7.80. The number of carbonyl (C=O) groups is 2. The SMILES string of the molecule is O=C(N[C@@H](Cc1ccc(I)cc1)C(=O)O)c1cccc2ccccc12. The van der Waals surface area contributed by atoms with Crippen LogP contribution in [0.2, 0.25) is 0 Å². The van der Waals surface area contributed by atoms with Crippen LogP contribution in [-0.4, -0.2) is 23.0 Å². The molecule has 0 bridgehead atoms. The number of carbonyl (C=O) groups excluding carboxylic acids is 1. The Kier molecular flexibility index (Phi) is 5.33. The summed E-state index contributed by atoms with van der Waals surface area (Å²) in [4.78, 5) is 24.2. The maximum atomic E-state index is 12.6. The molecule has 126 valence electrons. The van der Waals surface area contributed by atoms with E-state index < -0.39 is 12.0 Å². The number of nitrogens with one attached hydrogen (secondary N) is 1. The fourth-order valence-electron chi connectivity index (χ4n) is 2.72. The van der Waals surface area contributed by atoms with E-state index in [1.807, 2.05) is 54.6 Å². The van der Waals surface area contributed by atoms with Crippen molar-refractivity contribution in [3.05, 3.63) is 81.4 Å². The van der Waals surface area contributed by atoms with Crippen LogP contribution in [-0.2, 0) is 11.2 Å². The highest BCUT2D eigenvalue weighted by Crippen LogP contribution is 2.18. The van der Waals surface area contributed by atoms with Crippen molar-refractivity contribution in [2.75, 3.05) is 0 Å². The standard InChI is InChI=1S/C20H16INO3/c21-15-10-8-13(9-11-15)12-18(20(24)25)22-19(23)17-7-3-5-14-4-1-2-6-16(14)17/h1-11,18H,12H2,(H,22,23)(H,24,25)/t18-/m0/s1. The molecule has 25 heavy (non-hydrogen) atoms. The molecule has 0 unspecified atom stereocenters. The Hall–Kier alpha value is -2.41. The zero-order valence-electron chi connectivity index (χ0n) is 13.3. The molecule has 0 saturated carbocycles. The van der Waals surface area contributed by atoms with E-state index in [2.05, 4.69) is 27.9 Å². The van der Waals surface area contributed by atoms with Gasteiger partial charge in [0.25, 0.3) is 5.91 Å². The predicted octanol–water partition coefficient (Wildman–Crippen LogP) is 3.87. The lowest BCUT2D eigenvalue weighted by atomic mass is 10.0. The Bertz CT molecular complexity index is 916. The van der Waals surface area contributed by atoms with Crippen LogP contribution in [0.4, 0.5) is 0 Å². The lowest BCUT2D eigenvalue weighted by Crippen LogP contribution is -2.42. The minimum atomic E-state index is -1.05. The van der Waals surface area contributed by atoms with Crippen molar-refractivity contribution >= 4 is 45.2 Å². The van der Waals surface area contributed by atoms with E-state index in [0.29, 0.717) is 5.56 Å². The quantitative estimate of drug-likeness (QED) is 0.587. The number of carboxylic acids is 1. The number of rotatable bonds is 5. The molecular weight excluding hydrogens is 429 g/mol. The highest BCUT2D eigenvalue weighted by molar-refractivity contribution is 14.1. The fourth-order valence-corrected chi connectivity index (χ4v) is 3.08. The highest BCUT2D eigenvalue weighted by Gasteiger charge is 2.22. The Labute approximate surface area is 159 Å². The molecule has 3 rings (SSSR count). The summed E-state index contributed by atoms with van der Waals surface area (Å²) in [5.41, 5.74) is 1.35. The number of carboxylic acid groups (broad SMARTS) is 1. The van der Waals surface area contributed by atoms with Crippen molar-refractivity contribution < 1.29 is 14.7 Å². The van der Waals surface area contributed by atoms with Gasteiger partial charge in [0, 0.05) is 15.6 Å². The summed E-state index contributed by atoms with van der Waals surface area (Å²) in [6.07, 6.45) is 0.239. The lowest BCUT2D eigenvalue weighted by molar-refractivity contribution is -0.139. The van der Waals surface area contributed by atoms with Crippen LogP contribution in [0.25, 0.3) is 10.8 Å². The van der Waals surface area contributed by atoms with E-state index in [1.165, 1.54) is 0 Å². The van der Waals surface area contributed by atoms with Gasteiger partial charge in [-0.2, -0.15) is 0 Å². The number of aliphatic carboxylic acids is 1.